The molecule has 0 aromatic heterocycles. The van der Waals surface area contributed by atoms with Crippen LogP contribution < -0.4 is 0 Å². The summed E-state index contributed by atoms with van der Waals surface area (Å²) < 4.78 is 5.59. The average Bonchev–Trinajstić information content (AvgIpc) is 2.69. The summed E-state index contributed by atoms with van der Waals surface area (Å²) in [4.78, 5) is 14.4. The van der Waals surface area contributed by atoms with E-state index in [1.165, 1.54) is 5.56 Å². The van der Waals surface area contributed by atoms with Crippen LogP contribution in [0.3, 0.4) is 0 Å². The molecular formula is C18H25NO2. The third-order valence-corrected chi connectivity index (χ3v) is 4.61. The van der Waals surface area contributed by atoms with E-state index in [2.05, 4.69) is 30.3 Å². The van der Waals surface area contributed by atoms with Gasteiger partial charge in [0, 0.05) is 12.1 Å². The van der Waals surface area contributed by atoms with E-state index in [0.717, 1.165) is 25.7 Å². The van der Waals surface area contributed by atoms with Gasteiger partial charge in [-0.2, -0.15) is 0 Å². The van der Waals surface area contributed by atoms with Crippen LogP contribution in [0.4, 0.5) is 4.79 Å². The van der Waals surface area contributed by atoms with Gasteiger partial charge in [0.25, 0.3) is 0 Å². The van der Waals surface area contributed by atoms with Gasteiger partial charge in [-0.05, 0) is 57.9 Å². The van der Waals surface area contributed by atoms with E-state index in [0.29, 0.717) is 18.0 Å². The van der Waals surface area contributed by atoms with Crippen LogP contribution in [0.25, 0.3) is 0 Å². The summed E-state index contributed by atoms with van der Waals surface area (Å²) in [6.07, 6.45) is 4.25. The van der Waals surface area contributed by atoms with Crippen molar-refractivity contribution in [3.63, 3.8) is 0 Å². The first kappa shape index (κ1) is 14.4. The molecule has 2 heterocycles. The molecule has 2 atom stereocenters. The largest absolute Gasteiger partial charge is 0.444 e. The molecule has 0 radical (unpaired) electrons. The molecule has 3 nitrogen and oxygen atoms in total. The summed E-state index contributed by atoms with van der Waals surface area (Å²) in [5.74, 6) is 0.586. The van der Waals surface area contributed by atoms with Gasteiger partial charge in [0.15, 0.2) is 0 Å². The molecule has 2 aliphatic rings. The number of hydrogen-bond donors (Lipinski definition) is 0. The smallest absolute Gasteiger partial charge is 0.410 e. The van der Waals surface area contributed by atoms with Crippen LogP contribution in [0.1, 0.15) is 57.9 Å². The van der Waals surface area contributed by atoms with Crippen molar-refractivity contribution in [2.75, 3.05) is 0 Å². The Morgan fingerprint density at radius 2 is 1.67 bits per heavy atom. The Kier molecular flexibility index (Phi) is 3.68. The number of fused-ring (bicyclic) bond motifs is 2. The highest BCUT2D eigenvalue weighted by molar-refractivity contribution is 5.69. The maximum atomic E-state index is 12.4. The minimum absolute atomic E-state index is 0.124. The Morgan fingerprint density at radius 3 is 2.19 bits per heavy atom. The number of carbonyl (C=O) groups is 1. The van der Waals surface area contributed by atoms with Crippen LogP contribution in [-0.2, 0) is 4.74 Å². The van der Waals surface area contributed by atoms with E-state index in [9.17, 15) is 4.79 Å². The molecule has 114 valence electrons. The molecule has 0 spiro atoms. The van der Waals surface area contributed by atoms with Gasteiger partial charge in [-0.15, -0.1) is 0 Å². The van der Waals surface area contributed by atoms with E-state index >= 15 is 0 Å². The Balaban J connectivity index is 1.71. The van der Waals surface area contributed by atoms with Crippen molar-refractivity contribution in [3.05, 3.63) is 35.9 Å². The highest BCUT2D eigenvalue weighted by atomic mass is 16.6. The number of rotatable bonds is 1. The van der Waals surface area contributed by atoms with Gasteiger partial charge in [0.05, 0.1) is 0 Å². The van der Waals surface area contributed by atoms with Crippen molar-refractivity contribution in [1.29, 1.82) is 0 Å². The van der Waals surface area contributed by atoms with E-state index in [1.807, 2.05) is 25.7 Å². The number of ether oxygens (including phenoxy) is 1. The number of carbonyl (C=O) groups excluding carboxylic acids is 1. The molecule has 1 aromatic carbocycles. The Labute approximate surface area is 127 Å². The molecule has 3 rings (SSSR count). The Hall–Kier alpha value is -1.51. The minimum atomic E-state index is -0.410. The fraction of sp³-hybridized carbons (Fsp3) is 0.611. The van der Waals surface area contributed by atoms with Crippen molar-refractivity contribution < 1.29 is 9.53 Å². The van der Waals surface area contributed by atoms with Crippen LogP contribution in [0.15, 0.2) is 30.3 Å². The van der Waals surface area contributed by atoms with Gasteiger partial charge >= 0.3 is 6.09 Å². The van der Waals surface area contributed by atoms with E-state index < -0.39 is 5.60 Å². The summed E-state index contributed by atoms with van der Waals surface area (Å²) in [6.45, 7) is 5.80. The normalized spacial score (nSPS) is 28.5. The van der Waals surface area contributed by atoms with Gasteiger partial charge in [0.1, 0.15) is 5.60 Å². The van der Waals surface area contributed by atoms with Crippen LogP contribution in [0, 0.1) is 0 Å². The molecule has 2 bridgehead atoms. The molecule has 0 aliphatic carbocycles. The first-order valence-electron chi connectivity index (χ1n) is 8.00. The summed E-state index contributed by atoms with van der Waals surface area (Å²) >= 11 is 0. The van der Waals surface area contributed by atoms with Gasteiger partial charge in [0.2, 0.25) is 0 Å². The standard InChI is InChI=1S/C18H25NO2/c1-18(2,3)21-17(20)19-15-9-10-16(19)12-14(11-15)13-7-5-4-6-8-13/h4-8,14-16H,9-12H2,1-3H3. The molecule has 1 aromatic rings. The molecule has 21 heavy (non-hydrogen) atoms. The zero-order valence-corrected chi connectivity index (χ0v) is 13.2. The van der Waals surface area contributed by atoms with Gasteiger partial charge in [-0.3, -0.25) is 0 Å². The predicted molar refractivity (Wildman–Crippen MR) is 83.3 cm³/mol. The highest BCUT2D eigenvalue weighted by Crippen LogP contribution is 2.43. The fourth-order valence-corrected chi connectivity index (χ4v) is 3.79. The Bertz CT molecular complexity index is 492. The molecule has 0 N–H and O–H groups in total. The molecule has 2 saturated heterocycles. The maximum absolute atomic E-state index is 12.4. The lowest BCUT2D eigenvalue weighted by molar-refractivity contribution is 0.00585. The van der Waals surface area contributed by atoms with Gasteiger partial charge in [-0.1, -0.05) is 30.3 Å². The zero-order chi connectivity index (χ0) is 15.0. The van der Waals surface area contributed by atoms with Gasteiger partial charge in [-0.25, -0.2) is 4.79 Å². The van der Waals surface area contributed by atoms with Crippen LogP contribution in [0.5, 0.6) is 0 Å². The second-order valence-electron chi connectivity index (χ2n) is 7.35. The molecule has 2 unspecified atom stereocenters. The molecule has 3 heteroatoms. The zero-order valence-electron chi connectivity index (χ0n) is 13.2. The highest BCUT2D eigenvalue weighted by Gasteiger charge is 2.44. The third-order valence-electron chi connectivity index (χ3n) is 4.61. The average molecular weight is 287 g/mol. The minimum Gasteiger partial charge on any atom is -0.444 e. The summed E-state index contributed by atoms with van der Waals surface area (Å²) in [5.41, 5.74) is 1.01. The first-order valence-corrected chi connectivity index (χ1v) is 8.00. The summed E-state index contributed by atoms with van der Waals surface area (Å²) in [5, 5.41) is 0. The molecule has 1 amide bonds. The molecule has 2 fully saturated rings. The second-order valence-corrected chi connectivity index (χ2v) is 7.35. The summed E-state index contributed by atoms with van der Waals surface area (Å²) in [7, 11) is 0. The lowest BCUT2D eigenvalue weighted by atomic mass is 9.85. The maximum Gasteiger partial charge on any atom is 0.410 e. The van der Waals surface area contributed by atoms with Crippen molar-refractivity contribution in [2.24, 2.45) is 0 Å². The van der Waals surface area contributed by atoms with Crippen molar-refractivity contribution in [1.82, 2.24) is 4.90 Å². The third kappa shape index (κ3) is 3.07. The monoisotopic (exact) mass is 287 g/mol. The SMILES string of the molecule is CC(C)(C)OC(=O)N1C2CCC1CC(c1ccccc1)C2. The molecule has 0 saturated carbocycles. The van der Waals surface area contributed by atoms with Crippen molar-refractivity contribution in [2.45, 2.75) is 70.1 Å². The van der Waals surface area contributed by atoms with E-state index in [1.54, 1.807) is 0 Å². The molecular weight excluding hydrogens is 262 g/mol. The predicted octanol–water partition coefficient (Wildman–Crippen LogP) is 4.33. The topological polar surface area (TPSA) is 29.5 Å². The van der Waals surface area contributed by atoms with Crippen molar-refractivity contribution >= 4 is 6.09 Å². The van der Waals surface area contributed by atoms with E-state index in [4.69, 9.17) is 4.74 Å². The molecule has 2 aliphatic heterocycles. The van der Waals surface area contributed by atoms with Crippen LogP contribution in [-0.4, -0.2) is 28.7 Å². The first-order chi connectivity index (χ1) is 9.94. The number of hydrogen-bond acceptors (Lipinski definition) is 2. The number of piperidine rings is 1. The van der Waals surface area contributed by atoms with E-state index in [-0.39, 0.29) is 6.09 Å². The number of nitrogens with zero attached hydrogens (tertiary/aromatic N) is 1. The number of amides is 1. The lowest BCUT2D eigenvalue weighted by Crippen LogP contribution is -2.48. The van der Waals surface area contributed by atoms with Crippen molar-refractivity contribution in [3.8, 4) is 0 Å². The number of benzene rings is 1. The second kappa shape index (κ2) is 5.36. The summed E-state index contributed by atoms with van der Waals surface area (Å²) in [6, 6.07) is 11.4. The lowest BCUT2D eigenvalue weighted by Gasteiger charge is -2.39. The quantitative estimate of drug-likeness (QED) is 0.769. The van der Waals surface area contributed by atoms with Crippen LogP contribution >= 0.6 is 0 Å². The fourth-order valence-electron chi connectivity index (χ4n) is 3.79. The Morgan fingerprint density at radius 1 is 1.10 bits per heavy atom. The van der Waals surface area contributed by atoms with Crippen LogP contribution in [0.2, 0.25) is 0 Å². The van der Waals surface area contributed by atoms with Gasteiger partial charge < -0.3 is 9.64 Å².